The first-order chi connectivity index (χ1) is 10.6. The minimum atomic E-state index is 0.938. The Morgan fingerprint density at radius 1 is 0.545 bits per heavy atom. The Kier molecular flexibility index (Phi) is 15.7. The molecule has 0 aliphatic heterocycles. The second kappa shape index (κ2) is 15.8. The summed E-state index contributed by atoms with van der Waals surface area (Å²) in [6.45, 7) is 5.40. The van der Waals surface area contributed by atoms with Crippen molar-refractivity contribution in [2.24, 2.45) is 0 Å². The van der Waals surface area contributed by atoms with Gasteiger partial charge in [0, 0.05) is 13.0 Å². The molecule has 0 aromatic rings. The van der Waals surface area contributed by atoms with Gasteiger partial charge in [-0.1, -0.05) is 77.6 Å². The standard InChI is InChI=1S/C20H44NO/c1-5-6-7-8-9-10-11-12-13-14-15-16-19-22-20-17-18-21(2,3)4/h5-20H2,1-4H3/q+1. The normalized spacial score (nSPS) is 12.0. The van der Waals surface area contributed by atoms with Crippen LogP contribution >= 0.6 is 0 Å². The third-order valence-electron chi connectivity index (χ3n) is 4.26. The van der Waals surface area contributed by atoms with Crippen molar-refractivity contribution in [1.82, 2.24) is 0 Å². The molecule has 0 rings (SSSR count). The lowest BCUT2D eigenvalue weighted by atomic mass is 10.1. The fourth-order valence-corrected chi connectivity index (χ4v) is 2.79. The Morgan fingerprint density at radius 2 is 0.955 bits per heavy atom. The highest BCUT2D eigenvalue weighted by Gasteiger charge is 2.05. The molecule has 22 heavy (non-hydrogen) atoms. The van der Waals surface area contributed by atoms with Crippen molar-refractivity contribution in [2.45, 2.75) is 90.4 Å². The first kappa shape index (κ1) is 21.9. The number of quaternary nitrogens is 1. The van der Waals surface area contributed by atoms with E-state index < -0.39 is 0 Å². The van der Waals surface area contributed by atoms with Crippen LogP contribution < -0.4 is 0 Å². The van der Waals surface area contributed by atoms with Gasteiger partial charge in [0.1, 0.15) is 0 Å². The quantitative estimate of drug-likeness (QED) is 0.243. The van der Waals surface area contributed by atoms with Crippen LogP contribution in [0.1, 0.15) is 90.4 Å². The van der Waals surface area contributed by atoms with Crippen LogP contribution in [-0.4, -0.2) is 45.4 Å². The minimum absolute atomic E-state index is 0.938. The maximum absolute atomic E-state index is 5.71. The first-order valence-electron chi connectivity index (χ1n) is 9.94. The van der Waals surface area contributed by atoms with Gasteiger partial charge in [-0.05, 0) is 6.42 Å². The number of unbranched alkanes of at least 4 members (excludes halogenated alkanes) is 11. The molecule has 2 nitrogen and oxygen atoms in total. The van der Waals surface area contributed by atoms with Crippen molar-refractivity contribution in [2.75, 3.05) is 40.9 Å². The van der Waals surface area contributed by atoms with Crippen molar-refractivity contribution in [1.29, 1.82) is 0 Å². The molecule has 0 aliphatic rings. The minimum Gasteiger partial charge on any atom is -0.381 e. The predicted octanol–water partition coefficient (Wildman–Crippen LogP) is 5.80. The summed E-state index contributed by atoms with van der Waals surface area (Å²) in [5, 5.41) is 0. The third-order valence-corrected chi connectivity index (χ3v) is 4.26. The SMILES string of the molecule is CCCCCCCCCCCCCCOCCC[N+](C)(C)C. The molecule has 0 aromatic heterocycles. The number of rotatable bonds is 17. The Morgan fingerprint density at radius 3 is 1.41 bits per heavy atom. The van der Waals surface area contributed by atoms with Crippen molar-refractivity contribution >= 4 is 0 Å². The van der Waals surface area contributed by atoms with Gasteiger partial charge in [-0.3, -0.25) is 0 Å². The summed E-state index contributed by atoms with van der Waals surface area (Å²) in [7, 11) is 6.72. The molecule has 134 valence electrons. The van der Waals surface area contributed by atoms with E-state index >= 15 is 0 Å². The zero-order valence-corrected chi connectivity index (χ0v) is 16.2. The molecule has 0 heterocycles. The Bertz CT molecular complexity index is 210. The summed E-state index contributed by atoms with van der Waals surface area (Å²) in [4.78, 5) is 0. The maximum Gasteiger partial charge on any atom is 0.0802 e. The molecule has 0 aliphatic carbocycles. The van der Waals surface area contributed by atoms with Crippen LogP contribution in [0.3, 0.4) is 0 Å². The molecule has 0 unspecified atom stereocenters. The molecule has 0 bridgehead atoms. The molecule has 0 fully saturated rings. The molecule has 2 heteroatoms. The van der Waals surface area contributed by atoms with Gasteiger partial charge in [0.25, 0.3) is 0 Å². The lowest BCUT2D eigenvalue weighted by Gasteiger charge is -2.23. The topological polar surface area (TPSA) is 9.23 Å². The van der Waals surface area contributed by atoms with Crippen LogP contribution in [0.25, 0.3) is 0 Å². The number of hydrogen-bond acceptors (Lipinski definition) is 1. The lowest BCUT2D eigenvalue weighted by Crippen LogP contribution is -2.35. The Hall–Kier alpha value is -0.0800. The molecule has 0 N–H and O–H groups in total. The summed E-state index contributed by atoms with van der Waals surface area (Å²) in [5.41, 5.74) is 0. The molecule has 0 saturated heterocycles. The molecule has 0 amide bonds. The van der Waals surface area contributed by atoms with Crippen LogP contribution in [0.15, 0.2) is 0 Å². The van der Waals surface area contributed by atoms with Crippen LogP contribution in [0.5, 0.6) is 0 Å². The predicted molar refractivity (Wildman–Crippen MR) is 99.4 cm³/mol. The van der Waals surface area contributed by atoms with Crippen molar-refractivity contribution in [3.63, 3.8) is 0 Å². The average molecular weight is 315 g/mol. The van der Waals surface area contributed by atoms with Crippen molar-refractivity contribution in [3.8, 4) is 0 Å². The van der Waals surface area contributed by atoms with E-state index in [1.165, 1.54) is 90.0 Å². The van der Waals surface area contributed by atoms with E-state index in [4.69, 9.17) is 4.74 Å². The Balaban J connectivity index is 3.00. The van der Waals surface area contributed by atoms with E-state index in [0.29, 0.717) is 0 Å². The lowest BCUT2D eigenvalue weighted by molar-refractivity contribution is -0.870. The number of nitrogens with zero attached hydrogens (tertiary/aromatic N) is 1. The molecular weight excluding hydrogens is 270 g/mol. The van der Waals surface area contributed by atoms with Gasteiger partial charge >= 0.3 is 0 Å². The van der Waals surface area contributed by atoms with Crippen molar-refractivity contribution < 1.29 is 9.22 Å². The van der Waals surface area contributed by atoms with E-state index in [1.54, 1.807) is 0 Å². The third kappa shape index (κ3) is 19.9. The zero-order valence-electron chi connectivity index (χ0n) is 16.2. The zero-order chi connectivity index (χ0) is 16.5. The maximum atomic E-state index is 5.71. The van der Waals surface area contributed by atoms with E-state index in [0.717, 1.165) is 17.7 Å². The highest BCUT2D eigenvalue weighted by Crippen LogP contribution is 2.11. The Labute approximate surface area is 141 Å². The van der Waals surface area contributed by atoms with Gasteiger partial charge in [0.05, 0.1) is 34.3 Å². The van der Waals surface area contributed by atoms with Gasteiger partial charge in [-0.25, -0.2) is 0 Å². The number of hydrogen-bond donors (Lipinski definition) is 0. The summed E-state index contributed by atoms with van der Waals surface area (Å²) in [6.07, 6.45) is 18.1. The van der Waals surface area contributed by atoms with Crippen LogP contribution in [0, 0.1) is 0 Å². The second-order valence-corrected chi connectivity index (χ2v) is 7.87. The molecule has 0 spiro atoms. The molecule has 0 aromatic carbocycles. The monoisotopic (exact) mass is 314 g/mol. The molecular formula is C20H44NO+. The van der Waals surface area contributed by atoms with E-state index in [1.807, 2.05) is 0 Å². The van der Waals surface area contributed by atoms with Gasteiger partial charge in [0.2, 0.25) is 0 Å². The van der Waals surface area contributed by atoms with Crippen LogP contribution in [0.2, 0.25) is 0 Å². The molecule has 0 radical (unpaired) electrons. The van der Waals surface area contributed by atoms with Crippen LogP contribution in [0.4, 0.5) is 0 Å². The highest BCUT2D eigenvalue weighted by atomic mass is 16.5. The summed E-state index contributed by atoms with van der Waals surface area (Å²) in [6, 6.07) is 0. The van der Waals surface area contributed by atoms with Crippen LogP contribution in [-0.2, 0) is 4.74 Å². The van der Waals surface area contributed by atoms with E-state index in [9.17, 15) is 0 Å². The van der Waals surface area contributed by atoms with Gasteiger partial charge < -0.3 is 9.22 Å². The van der Waals surface area contributed by atoms with Gasteiger partial charge in [-0.2, -0.15) is 0 Å². The van der Waals surface area contributed by atoms with E-state index in [2.05, 4.69) is 28.1 Å². The highest BCUT2D eigenvalue weighted by molar-refractivity contribution is 4.48. The second-order valence-electron chi connectivity index (χ2n) is 7.87. The van der Waals surface area contributed by atoms with Crippen molar-refractivity contribution in [3.05, 3.63) is 0 Å². The van der Waals surface area contributed by atoms with E-state index in [-0.39, 0.29) is 0 Å². The summed E-state index contributed by atoms with van der Waals surface area (Å²) in [5.74, 6) is 0. The largest absolute Gasteiger partial charge is 0.381 e. The molecule has 0 atom stereocenters. The fraction of sp³-hybridized carbons (Fsp3) is 1.00. The number of ether oxygens (including phenoxy) is 1. The summed E-state index contributed by atoms with van der Waals surface area (Å²) < 4.78 is 6.75. The van der Waals surface area contributed by atoms with Gasteiger partial charge in [0.15, 0.2) is 0 Å². The smallest absolute Gasteiger partial charge is 0.0802 e. The average Bonchev–Trinajstić information content (AvgIpc) is 2.45. The first-order valence-corrected chi connectivity index (χ1v) is 9.94. The summed E-state index contributed by atoms with van der Waals surface area (Å²) >= 11 is 0. The molecule has 0 saturated carbocycles. The van der Waals surface area contributed by atoms with Gasteiger partial charge in [-0.15, -0.1) is 0 Å². The fourth-order valence-electron chi connectivity index (χ4n) is 2.79.